The summed E-state index contributed by atoms with van der Waals surface area (Å²) in [6.45, 7) is 2.99. The normalized spacial score (nSPS) is 16.5. The van der Waals surface area contributed by atoms with Crippen molar-refractivity contribution in [2.45, 2.75) is 6.04 Å². The molecule has 1 unspecified atom stereocenters. The number of ether oxygens (including phenoxy) is 2. The van der Waals surface area contributed by atoms with E-state index in [1.807, 2.05) is 30.3 Å². The minimum atomic E-state index is -0.235. The van der Waals surface area contributed by atoms with Crippen LogP contribution in [0, 0.1) is 5.82 Å². The summed E-state index contributed by atoms with van der Waals surface area (Å²) in [6, 6.07) is 14.7. The Bertz CT molecular complexity index is 892. The van der Waals surface area contributed by atoms with Crippen molar-refractivity contribution in [2.75, 3.05) is 33.4 Å². The quantitative estimate of drug-likeness (QED) is 0.715. The zero-order valence-electron chi connectivity index (χ0n) is 14.7. The molecular weight excluding hydrogens is 331 g/mol. The molecule has 1 saturated heterocycles. The molecule has 0 N–H and O–H groups in total. The van der Waals surface area contributed by atoms with Gasteiger partial charge in [-0.25, -0.2) is 4.39 Å². The van der Waals surface area contributed by atoms with Crippen LogP contribution in [-0.2, 0) is 4.74 Å². The van der Waals surface area contributed by atoms with E-state index in [0.29, 0.717) is 13.2 Å². The first-order valence-electron chi connectivity index (χ1n) is 8.76. The first kappa shape index (κ1) is 16.9. The van der Waals surface area contributed by atoms with E-state index in [1.54, 1.807) is 13.3 Å². The Balaban J connectivity index is 1.87. The third-order valence-electron chi connectivity index (χ3n) is 4.85. The van der Waals surface area contributed by atoms with E-state index in [0.717, 1.165) is 40.9 Å². The Morgan fingerprint density at radius 1 is 1.12 bits per heavy atom. The zero-order valence-corrected chi connectivity index (χ0v) is 14.7. The van der Waals surface area contributed by atoms with Crippen LogP contribution in [0.5, 0.6) is 5.75 Å². The van der Waals surface area contributed by atoms with Crippen molar-refractivity contribution in [1.29, 1.82) is 0 Å². The SMILES string of the molecule is COc1cc2cccnc2cc1C(c1ccc(F)cc1)N1CCOCC1. The van der Waals surface area contributed by atoms with Crippen LogP contribution in [0.1, 0.15) is 17.2 Å². The standard InChI is InChI=1S/C21H21FN2O2/c1-25-20-13-16-3-2-8-23-19(16)14-18(20)21(24-9-11-26-12-10-24)15-4-6-17(22)7-5-15/h2-8,13-14,21H,9-12H2,1H3. The smallest absolute Gasteiger partial charge is 0.124 e. The molecule has 1 aliphatic heterocycles. The number of aromatic nitrogens is 1. The number of nitrogens with zero attached hydrogens (tertiary/aromatic N) is 2. The van der Waals surface area contributed by atoms with Gasteiger partial charge < -0.3 is 9.47 Å². The monoisotopic (exact) mass is 352 g/mol. The molecule has 0 saturated carbocycles. The van der Waals surface area contributed by atoms with Gasteiger partial charge in [0.05, 0.1) is 31.9 Å². The summed E-state index contributed by atoms with van der Waals surface area (Å²) in [5.74, 6) is 0.577. The van der Waals surface area contributed by atoms with Crippen molar-refractivity contribution >= 4 is 10.9 Å². The van der Waals surface area contributed by atoms with Gasteiger partial charge in [-0.2, -0.15) is 0 Å². The second-order valence-electron chi connectivity index (χ2n) is 6.39. The molecule has 26 heavy (non-hydrogen) atoms. The summed E-state index contributed by atoms with van der Waals surface area (Å²) in [5.41, 5.74) is 2.98. The number of benzene rings is 2. The lowest BCUT2D eigenvalue weighted by molar-refractivity contribution is 0.0236. The predicted molar refractivity (Wildman–Crippen MR) is 98.9 cm³/mol. The number of halogens is 1. The highest BCUT2D eigenvalue weighted by molar-refractivity contribution is 5.81. The lowest BCUT2D eigenvalue weighted by atomic mass is 9.94. The van der Waals surface area contributed by atoms with Crippen LogP contribution in [0.15, 0.2) is 54.7 Å². The molecule has 0 aliphatic carbocycles. The van der Waals surface area contributed by atoms with Gasteiger partial charge in [0.2, 0.25) is 0 Å². The van der Waals surface area contributed by atoms with Crippen molar-refractivity contribution in [3.05, 3.63) is 71.7 Å². The van der Waals surface area contributed by atoms with Gasteiger partial charge in [0, 0.05) is 30.2 Å². The van der Waals surface area contributed by atoms with E-state index in [2.05, 4.69) is 16.0 Å². The summed E-state index contributed by atoms with van der Waals surface area (Å²) in [5, 5.41) is 1.04. The fraction of sp³-hybridized carbons (Fsp3) is 0.286. The highest BCUT2D eigenvalue weighted by atomic mass is 19.1. The average molecular weight is 352 g/mol. The van der Waals surface area contributed by atoms with Gasteiger partial charge >= 0.3 is 0 Å². The minimum Gasteiger partial charge on any atom is -0.496 e. The summed E-state index contributed by atoms with van der Waals surface area (Å²) in [6.07, 6.45) is 1.79. The highest BCUT2D eigenvalue weighted by Gasteiger charge is 2.27. The molecule has 0 spiro atoms. The van der Waals surface area contributed by atoms with E-state index in [-0.39, 0.29) is 11.9 Å². The van der Waals surface area contributed by atoms with E-state index < -0.39 is 0 Å². The second-order valence-corrected chi connectivity index (χ2v) is 6.39. The van der Waals surface area contributed by atoms with Gasteiger partial charge in [-0.1, -0.05) is 18.2 Å². The third kappa shape index (κ3) is 3.28. The Morgan fingerprint density at radius 3 is 2.62 bits per heavy atom. The van der Waals surface area contributed by atoms with Crippen molar-refractivity contribution in [2.24, 2.45) is 0 Å². The number of hydrogen-bond donors (Lipinski definition) is 0. The molecule has 2 heterocycles. The molecule has 1 atom stereocenters. The molecular formula is C21H21FN2O2. The van der Waals surface area contributed by atoms with Crippen molar-refractivity contribution in [3.8, 4) is 5.75 Å². The average Bonchev–Trinajstić information content (AvgIpc) is 2.70. The molecule has 0 amide bonds. The van der Waals surface area contributed by atoms with E-state index in [1.165, 1.54) is 12.1 Å². The van der Waals surface area contributed by atoms with Gasteiger partial charge in [0.25, 0.3) is 0 Å². The molecule has 1 aromatic heterocycles. The number of fused-ring (bicyclic) bond motifs is 1. The van der Waals surface area contributed by atoms with Crippen LogP contribution < -0.4 is 4.74 Å². The Hall–Kier alpha value is -2.50. The highest BCUT2D eigenvalue weighted by Crippen LogP contribution is 2.37. The van der Waals surface area contributed by atoms with Crippen LogP contribution in [0.3, 0.4) is 0 Å². The van der Waals surface area contributed by atoms with E-state index >= 15 is 0 Å². The Morgan fingerprint density at radius 2 is 1.88 bits per heavy atom. The summed E-state index contributed by atoms with van der Waals surface area (Å²) < 4.78 is 24.7. The van der Waals surface area contributed by atoms with Crippen LogP contribution in [0.25, 0.3) is 10.9 Å². The number of rotatable bonds is 4. The number of methoxy groups -OCH3 is 1. The Labute approximate surface area is 152 Å². The lowest BCUT2D eigenvalue weighted by Crippen LogP contribution is -2.39. The van der Waals surface area contributed by atoms with Gasteiger partial charge in [-0.05, 0) is 35.9 Å². The van der Waals surface area contributed by atoms with Crippen molar-refractivity contribution in [1.82, 2.24) is 9.88 Å². The molecule has 4 nitrogen and oxygen atoms in total. The molecule has 1 fully saturated rings. The van der Waals surface area contributed by atoms with Gasteiger partial charge in [-0.15, -0.1) is 0 Å². The molecule has 134 valence electrons. The first-order valence-corrected chi connectivity index (χ1v) is 8.76. The molecule has 1 aliphatic rings. The predicted octanol–water partition coefficient (Wildman–Crippen LogP) is 3.80. The largest absolute Gasteiger partial charge is 0.496 e. The van der Waals surface area contributed by atoms with E-state index in [9.17, 15) is 4.39 Å². The maximum Gasteiger partial charge on any atom is 0.124 e. The van der Waals surface area contributed by atoms with Crippen LogP contribution in [0.2, 0.25) is 0 Å². The molecule has 0 radical (unpaired) electrons. The fourth-order valence-electron chi connectivity index (χ4n) is 3.57. The number of hydrogen-bond acceptors (Lipinski definition) is 4. The third-order valence-corrected chi connectivity index (χ3v) is 4.85. The summed E-state index contributed by atoms with van der Waals surface area (Å²) >= 11 is 0. The van der Waals surface area contributed by atoms with Gasteiger partial charge in [0.15, 0.2) is 0 Å². The summed E-state index contributed by atoms with van der Waals surface area (Å²) in [4.78, 5) is 6.84. The molecule has 3 aromatic rings. The van der Waals surface area contributed by atoms with Crippen molar-refractivity contribution in [3.63, 3.8) is 0 Å². The summed E-state index contributed by atoms with van der Waals surface area (Å²) in [7, 11) is 1.68. The number of pyridine rings is 1. The van der Waals surface area contributed by atoms with Crippen LogP contribution >= 0.6 is 0 Å². The van der Waals surface area contributed by atoms with Gasteiger partial charge in [-0.3, -0.25) is 9.88 Å². The number of morpholine rings is 1. The molecule has 4 rings (SSSR count). The van der Waals surface area contributed by atoms with Crippen LogP contribution in [0.4, 0.5) is 4.39 Å². The van der Waals surface area contributed by atoms with E-state index in [4.69, 9.17) is 9.47 Å². The maximum atomic E-state index is 13.5. The molecule has 2 aromatic carbocycles. The molecule has 0 bridgehead atoms. The Kier molecular flexibility index (Phi) is 4.82. The van der Waals surface area contributed by atoms with Crippen molar-refractivity contribution < 1.29 is 13.9 Å². The minimum absolute atomic E-state index is 0.0409. The fourth-order valence-corrected chi connectivity index (χ4v) is 3.57. The topological polar surface area (TPSA) is 34.6 Å². The van der Waals surface area contributed by atoms with Gasteiger partial charge in [0.1, 0.15) is 11.6 Å². The lowest BCUT2D eigenvalue weighted by Gasteiger charge is -2.35. The zero-order chi connectivity index (χ0) is 17.9. The van der Waals surface area contributed by atoms with Crippen LogP contribution in [-0.4, -0.2) is 43.3 Å². The molecule has 5 heteroatoms. The second kappa shape index (κ2) is 7.40. The maximum absolute atomic E-state index is 13.5. The first-order chi connectivity index (χ1) is 12.8.